The van der Waals surface area contributed by atoms with Crippen molar-refractivity contribution in [1.82, 2.24) is 9.97 Å². The molecule has 94 valence electrons. The molecule has 1 aromatic carbocycles. The van der Waals surface area contributed by atoms with E-state index in [1.807, 2.05) is 0 Å². The fraction of sp³-hybridized carbons (Fsp3) is 0. The molecule has 19 heavy (non-hydrogen) atoms. The third-order valence-electron chi connectivity index (χ3n) is 2.68. The number of fused-ring (bicyclic) bond motifs is 1. The van der Waals surface area contributed by atoms with Crippen LogP contribution in [0.5, 0.6) is 0 Å². The molecule has 0 amide bonds. The molecule has 6 heteroatoms. The Morgan fingerprint density at radius 2 is 2.16 bits per heavy atom. The molecule has 0 aliphatic rings. The standard InChI is InChI=1S/C13H7FN2O2S/c14-8-3-1-2-7(4-8)10-12-11(16-6-15-10)9(5-19-12)13(17)18/h1-6H,(H,17,18). The van der Waals surface area contributed by atoms with Crippen molar-refractivity contribution >= 4 is 27.5 Å². The smallest absolute Gasteiger partial charge is 0.338 e. The number of rotatable bonds is 2. The first-order chi connectivity index (χ1) is 9.16. The molecule has 4 nitrogen and oxygen atoms in total. The molecule has 2 aromatic heterocycles. The number of hydrogen-bond acceptors (Lipinski definition) is 4. The molecular formula is C13H7FN2O2S. The van der Waals surface area contributed by atoms with Crippen LogP contribution in [0.1, 0.15) is 10.4 Å². The van der Waals surface area contributed by atoms with E-state index in [2.05, 4.69) is 9.97 Å². The van der Waals surface area contributed by atoms with Crippen molar-refractivity contribution in [3.8, 4) is 11.3 Å². The minimum Gasteiger partial charge on any atom is -0.478 e. The van der Waals surface area contributed by atoms with Gasteiger partial charge in [0.1, 0.15) is 12.1 Å². The predicted octanol–water partition coefficient (Wildman–Crippen LogP) is 3.20. The van der Waals surface area contributed by atoms with Gasteiger partial charge < -0.3 is 5.11 Å². The molecule has 0 fully saturated rings. The molecule has 0 radical (unpaired) electrons. The van der Waals surface area contributed by atoms with Gasteiger partial charge in [-0.15, -0.1) is 11.3 Å². The van der Waals surface area contributed by atoms with E-state index in [0.717, 1.165) is 0 Å². The summed E-state index contributed by atoms with van der Waals surface area (Å²) < 4.78 is 13.9. The maximum Gasteiger partial charge on any atom is 0.338 e. The number of aromatic carboxylic acids is 1. The summed E-state index contributed by atoms with van der Waals surface area (Å²) in [4.78, 5) is 19.2. The van der Waals surface area contributed by atoms with E-state index in [0.29, 0.717) is 21.5 Å². The minimum absolute atomic E-state index is 0.139. The second-order valence-corrected chi connectivity index (χ2v) is 4.74. The highest BCUT2D eigenvalue weighted by Crippen LogP contribution is 2.32. The van der Waals surface area contributed by atoms with Crippen LogP contribution in [-0.2, 0) is 0 Å². The molecule has 0 spiro atoms. The second kappa shape index (κ2) is 4.40. The van der Waals surface area contributed by atoms with Gasteiger partial charge in [0, 0.05) is 10.9 Å². The summed E-state index contributed by atoms with van der Waals surface area (Å²) in [7, 11) is 0. The number of halogens is 1. The first-order valence-corrected chi connectivity index (χ1v) is 6.26. The van der Waals surface area contributed by atoms with Crippen LogP contribution < -0.4 is 0 Å². The molecule has 0 unspecified atom stereocenters. The van der Waals surface area contributed by atoms with Crippen molar-refractivity contribution in [2.75, 3.05) is 0 Å². The Kier molecular flexibility index (Phi) is 2.72. The van der Waals surface area contributed by atoms with Crippen LogP contribution in [0.4, 0.5) is 4.39 Å². The summed E-state index contributed by atoms with van der Waals surface area (Å²) in [6, 6.07) is 6.02. The third-order valence-corrected chi connectivity index (χ3v) is 3.66. The molecule has 0 bridgehead atoms. The van der Waals surface area contributed by atoms with Crippen molar-refractivity contribution in [2.45, 2.75) is 0 Å². The normalized spacial score (nSPS) is 10.8. The Morgan fingerprint density at radius 3 is 2.89 bits per heavy atom. The number of carboxylic acid groups (broad SMARTS) is 1. The maximum absolute atomic E-state index is 13.3. The van der Waals surface area contributed by atoms with Crippen LogP contribution in [-0.4, -0.2) is 21.0 Å². The first kappa shape index (κ1) is 11.7. The van der Waals surface area contributed by atoms with Gasteiger partial charge in [-0.1, -0.05) is 12.1 Å². The van der Waals surface area contributed by atoms with Crippen LogP contribution in [0.3, 0.4) is 0 Å². The number of aromatic nitrogens is 2. The topological polar surface area (TPSA) is 63.1 Å². The molecule has 3 aromatic rings. The van der Waals surface area contributed by atoms with Crippen LogP contribution >= 0.6 is 11.3 Å². The number of carbonyl (C=O) groups is 1. The lowest BCUT2D eigenvalue weighted by Gasteiger charge is -2.02. The van der Waals surface area contributed by atoms with E-state index in [4.69, 9.17) is 5.11 Å². The van der Waals surface area contributed by atoms with Gasteiger partial charge in [0.05, 0.1) is 21.5 Å². The van der Waals surface area contributed by atoms with Gasteiger partial charge in [0.2, 0.25) is 0 Å². The fourth-order valence-electron chi connectivity index (χ4n) is 1.84. The zero-order chi connectivity index (χ0) is 13.4. The average molecular weight is 274 g/mol. The summed E-state index contributed by atoms with van der Waals surface area (Å²) in [5.74, 6) is -1.39. The maximum atomic E-state index is 13.3. The highest BCUT2D eigenvalue weighted by molar-refractivity contribution is 7.18. The molecule has 0 saturated carbocycles. The van der Waals surface area contributed by atoms with Crippen molar-refractivity contribution in [3.63, 3.8) is 0 Å². The molecule has 0 atom stereocenters. The Morgan fingerprint density at radius 1 is 1.32 bits per heavy atom. The largest absolute Gasteiger partial charge is 0.478 e. The molecule has 2 heterocycles. The zero-order valence-electron chi connectivity index (χ0n) is 9.50. The lowest BCUT2D eigenvalue weighted by molar-refractivity contribution is 0.0699. The van der Waals surface area contributed by atoms with Crippen LogP contribution in [0.2, 0.25) is 0 Å². The summed E-state index contributed by atoms with van der Waals surface area (Å²) in [5, 5.41) is 10.6. The van der Waals surface area contributed by atoms with Crippen LogP contribution in [0.15, 0.2) is 36.0 Å². The average Bonchev–Trinajstić information content (AvgIpc) is 2.82. The molecule has 0 saturated heterocycles. The minimum atomic E-state index is -1.03. The van der Waals surface area contributed by atoms with Gasteiger partial charge in [-0.25, -0.2) is 19.2 Å². The van der Waals surface area contributed by atoms with E-state index >= 15 is 0 Å². The van der Waals surface area contributed by atoms with Gasteiger partial charge in [-0.05, 0) is 12.1 Å². The van der Waals surface area contributed by atoms with E-state index in [-0.39, 0.29) is 11.4 Å². The lowest BCUT2D eigenvalue weighted by atomic mass is 10.1. The lowest BCUT2D eigenvalue weighted by Crippen LogP contribution is -1.96. The molecular weight excluding hydrogens is 267 g/mol. The summed E-state index contributed by atoms with van der Waals surface area (Å²) >= 11 is 1.24. The van der Waals surface area contributed by atoms with Gasteiger partial charge in [-0.2, -0.15) is 0 Å². The van der Waals surface area contributed by atoms with Gasteiger partial charge >= 0.3 is 5.97 Å². The van der Waals surface area contributed by atoms with Gasteiger partial charge in [0.25, 0.3) is 0 Å². The zero-order valence-corrected chi connectivity index (χ0v) is 10.3. The van der Waals surface area contributed by atoms with Crippen molar-refractivity contribution in [1.29, 1.82) is 0 Å². The highest BCUT2D eigenvalue weighted by Gasteiger charge is 2.16. The number of benzene rings is 1. The third kappa shape index (κ3) is 1.96. The van der Waals surface area contributed by atoms with E-state index < -0.39 is 5.97 Å². The molecule has 0 aliphatic heterocycles. The van der Waals surface area contributed by atoms with Crippen LogP contribution in [0.25, 0.3) is 21.5 Å². The molecule has 0 aliphatic carbocycles. The first-order valence-electron chi connectivity index (χ1n) is 5.38. The Hall–Kier alpha value is -2.34. The SMILES string of the molecule is O=C(O)c1csc2c(-c3cccc(F)c3)ncnc12. The Labute approximate surface area is 111 Å². The number of carboxylic acids is 1. The van der Waals surface area contributed by atoms with E-state index in [1.165, 1.54) is 35.2 Å². The summed E-state index contributed by atoms with van der Waals surface area (Å²) in [6.07, 6.45) is 1.29. The fourth-order valence-corrected chi connectivity index (χ4v) is 2.85. The second-order valence-electron chi connectivity index (χ2n) is 3.86. The van der Waals surface area contributed by atoms with Crippen LogP contribution in [0, 0.1) is 5.82 Å². The summed E-state index contributed by atoms with van der Waals surface area (Å²) in [5.41, 5.74) is 1.67. The van der Waals surface area contributed by atoms with Gasteiger partial charge in [-0.3, -0.25) is 0 Å². The monoisotopic (exact) mass is 274 g/mol. The number of hydrogen-bond donors (Lipinski definition) is 1. The quantitative estimate of drug-likeness (QED) is 0.779. The van der Waals surface area contributed by atoms with Crippen molar-refractivity contribution < 1.29 is 14.3 Å². The predicted molar refractivity (Wildman–Crippen MR) is 69.8 cm³/mol. The molecule has 3 rings (SSSR count). The number of thiophene rings is 1. The van der Waals surface area contributed by atoms with Gasteiger partial charge in [0.15, 0.2) is 0 Å². The summed E-state index contributed by atoms with van der Waals surface area (Å²) in [6.45, 7) is 0. The van der Waals surface area contributed by atoms with E-state index in [9.17, 15) is 9.18 Å². The Balaban J connectivity index is 2.28. The van der Waals surface area contributed by atoms with Crippen molar-refractivity contribution in [3.05, 3.63) is 47.4 Å². The highest BCUT2D eigenvalue weighted by atomic mass is 32.1. The number of nitrogens with zero attached hydrogens (tertiary/aromatic N) is 2. The van der Waals surface area contributed by atoms with Crippen molar-refractivity contribution in [2.24, 2.45) is 0 Å². The molecule has 1 N–H and O–H groups in total. The van der Waals surface area contributed by atoms with E-state index in [1.54, 1.807) is 12.1 Å². The Bertz CT molecular complexity index is 785.